The molecule has 1 rings (SSSR count). The summed E-state index contributed by atoms with van der Waals surface area (Å²) in [5.74, 6) is 1.24. The van der Waals surface area contributed by atoms with Gasteiger partial charge in [0.2, 0.25) is 0 Å². The van der Waals surface area contributed by atoms with Gasteiger partial charge >= 0.3 is 0 Å². The van der Waals surface area contributed by atoms with Gasteiger partial charge in [0.15, 0.2) is 0 Å². The first kappa shape index (κ1) is 11.1. The summed E-state index contributed by atoms with van der Waals surface area (Å²) in [6.45, 7) is 4.12. The molecule has 0 fully saturated rings. The van der Waals surface area contributed by atoms with Crippen LogP contribution in [0.5, 0.6) is 11.5 Å². The first-order valence-electron chi connectivity index (χ1n) is 4.63. The van der Waals surface area contributed by atoms with Gasteiger partial charge < -0.3 is 9.47 Å². The summed E-state index contributed by atoms with van der Waals surface area (Å²) < 4.78 is 10.5. The van der Waals surface area contributed by atoms with Gasteiger partial charge in [-0.25, -0.2) is 0 Å². The summed E-state index contributed by atoms with van der Waals surface area (Å²) in [5, 5.41) is 8.85. The maximum absolute atomic E-state index is 8.85. The fraction of sp³-hybridized carbons (Fsp3) is 0.250. The average Bonchev–Trinajstić information content (AvgIpc) is 2.29. The third-order valence-electron chi connectivity index (χ3n) is 1.89. The third-order valence-corrected chi connectivity index (χ3v) is 1.89. The van der Waals surface area contributed by atoms with Gasteiger partial charge in [-0.2, -0.15) is 5.26 Å². The molecule has 0 radical (unpaired) electrons. The van der Waals surface area contributed by atoms with Crippen molar-refractivity contribution in [2.24, 2.45) is 0 Å². The third kappa shape index (κ3) is 3.03. The van der Waals surface area contributed by atoms with Gasteiger partial charge in [-0.3, -0.25) is 0 Å². The second-order valence-corrected chi connectivity index (χ2v) is 2.90. The van der Waals surface area contributed by atoms with Crippen molar-refractivity contribution in [3.8, 4) is 17.6 Å². The molecule has 0 amide bonds. The fourth-order valence-electron chi connectivity index (χ4n) is 1.09. The van der Waals surface area contributed by atoms with Crippen LogP contribution in [0.1, 0.15) is 12.0 Å². The normalized spacial score (nSPS) is 9.07. The van der Waals surface area contributed by atoms with Gasteiger partial charge in [0.05, 0.1) is 19.3 Å². The number of benzene rings is 1. The van der Waals surface area contributed by atoms with Crippen molar-refractivity contribution in [3.05, 3.63) is 36.4 Å². The van der Waals surface area contributed by atoms with E-state index in [0.29, 0.717) is 23.7 Å². The van der Waals surface area contributed by atoms with E-state index in [2.05, 4.69) is 12.6 Å². The highest BCUT2D eigenvalue weighted by molar-refractivity contribution is 5.47. The zero-order chi connectivity index (χ0) is 11.1. The van der Waals surface area contributed by atoms with E-state index in [1.165, 1.54) is 0 Å². The lowest BCUT2D eigenvalue weighted by molar-refractivity contribution is 0.321. The summed E-state index contributed by atoms with van der Waals surface area (Å²) in [6.07, 6.45) is 2.52. The standard InChI is InChI=1S/C12H13NO2/c1-3-4-7-15-12-8-11(14-2)6-5-10(12)9-13/h3,5-6,8H,1,4,7H2,2H3. The molecule has 15 heavy (non-hydrogen) atoms. The molecule has 1 aromatic carbocycles. The number of hydrogen-bond donors (Lipinski definition) is 0. The Kier molecular flexibility index (Phi) is 4.24. The average molecular weight is 203 g/mol. The van der Waals surface area contributed by atoms with Crippen molar-refractivity contribution in [2.75, 3.05) is 13.7 Å². The Bertz CT molecular complexity index is 380. The van der Waals surface area contributed by atoms with Crippen LogP contribution in [0.25, 0.3) is 0 Å². The Morgan fingerprint density at radius 3 is 2.93 bits per heavy atom. The molecule has 0 aliphatic rings. The molecule has 1 aromatic rings. The molecule has 0 saturated carbocycles. The van der Waals surface area contributed by atoms with Gasteiger partial charge in [0.1, 0.15) is 17.6 Å². The van der Waals surface area contributed by atoms with Crippen LogP contribution in [0.15, 0.2) is 30.9 Å². The summed E-state index contributed by atoms with van der Waals surface area (Å²) in [5.41, 5.74) is 0.514. The lowest BCUT2D eigenvalue weighted by Crippen LogP contribution is -1.98. The molecule has 78 valence electrons. The Hall–Kier alpha value is -1.95. The molecule has 0 bridgehead atoms. The highest BCUT2D eigenvalue weighted by Crippen LogP contribution is 2.24. The van der Waals surface area contributed by atoms with Crippen LogP contribution in [-0.4, -0.2) is 13.7 Å². The van der Waals surface area contributed by atoms with E-state index in [-0.39, 0.29) is 0 Å². The van der Waals surface area contributed by atoms with Crippen LogP contribution < -0.4 is 9.47 Å². The molecule has 0 N–H and O–H groups in total. The number of nitrogens with zero attached hydrogens (tertiary/aromatic N) is 1. The van der Waals surface area contributed by atoms with Crippen LogP contribution in [0.2, 0.25) is 0 Å². The summed E-state index contributed by atoms with van der Waals surface area (Å²) in [6, 6.07) is 7.20. The van der Waals surface area contributed by atoms with Gasteiger partial charge in [-0.15, -0.1) is 6.58 Å². The monoisotopic (exact) mass is 203 g/mol. The van der Waals surface area contributed by atoms with Gasteiger partial charge in [0, 0.05) is 6.07 Å². The number of hydrogen-bond acceptors (Lipinski definition) is 3. The molecule has 0 spiro atoms. The number of nitriles is 1. The van der Waals surface area contributed by atoms with E-state index in [1.54, 1.807) is 31.4 Å². The first-order valence-corrected chi connectivity index (χ1v) is 4.63. The maximum Gasteiger partial charge on any atom is 0.140 e. The van der Waals surface area contributed by atoms with Crippen LogP contribution in [0.3, 0.4) is 0 Å². The summed E-state index contributed by atoms with van der Waals surface area (Å²) >= 11 is 0. The molecule has 0 atom stereocenters. The summed E-state index contributed by atoms with van der Waals surface area (Å²) in [4.78, 5) is 0. The van der Waals surface area contributed by atoms with Crippen molar-refractivity contribution < 1.29 is 9.47 Å². The van der Waals surface area contributed by atoms with Crippen LogP contribution in [0.4, 0.5) is 0 Å². The van der Waals surface area contributed by atoms with E-state index in [0.717, 1.165) is 6.42 Å². The van der Waals surface area contributed by atoms with Crippen LogP contribution in [0, 0.1) is 11.3 Å². The maximum atomic E-state index is 8.85. The van der Waals surface area contributed by atoms with E-state index in [1.807, 2.05) is 0 Å². The van der Waals surface area contributed by atoms with Gasteiger partial charge in [-0.1, -0.05) is 6.08 Å². The molecular weight excluding hydrogens is 190 g/mol. The van der Waals surface area contributed by atoms with Crippen molar-refractivity contribution in [3.63, 3.8) is 0 Å². The highest BCUT2D eigenvalue weighted by atomic mass is 16.5. The predicted molar refractivity (Wildman–Crippen MR) is 58.0 cm³/mol. The molecule has 3 heteroatoms. The van der Waals surface area contributed by atoms with Gasteiger partial charge in [0.25, 0.3) is 0 Å². The quantitative estimate of drug-likeness (QED) is 0.545. The van der Waals surface area contributed by atoms with Crippen LogP contribution >= 0.6 is 0 Å². The Morgan fingerprint density at radius 2 is 2.33 bits per heavy atom. The zero-order valence-corrected chi connectivity index (χ0v) is 8.69. The van der Waals surface area contributed by atoms with Crippen molar-refractivity contribution >= 4 is 0 Å². The lowest BCUT2D eigenvalue weighted by atomic mass is 10.2. The molecule has 3 nitrogen and oxygen atoms in total. The van der Waals surface area contributed by atoms with Crippen molar-refractivity contribution in [2.45, 2.75) is 6.42 Å². The zero-order valence-electron chi connectivity index (χ0n) is 8.69. The smallest absolute Gasteiger partial charge is 0.140 e. The van der Waals surface area contributed by atoms with E-state index >= 15 is 0 Å². The van der Waals surface area contributed by atoms with E-state index < -0.39 is 0 Å². The van der Waals surface area contributed by atoms with E-state index in [9.17, 15) is 0 Å². The Labute approximate surface area is 89.6 Å². The Balaban J connectivity index is 2.82. The second kappa shape index (κ2) is 5.71. The molecule has 0 heterocycles. The molecule has 0 saturated heterocycles. The van der Waals surface area contributed by atoms with Gasteiger partial charge in [-0.05, 0) is 18.6 Å². The molecule has 0 aromatic heterocycles. The molecule has 0 aliphatic heterocycles. The minimum atomic E-state index is 0.514. The minimum absolute atomic E-state index is 0.514. The fourth-order valence-corrected chi connectivity index (χ4v) is 1.09. The van der Waals surface area contributed by atoms with Crippen molar-refractivity contribution in [1.29, 1.82) is 5.26 Å². The lowest BCUT2D eigenvalue weighted by Gasteiger charge is -2.08. The molecule has 0 aliphatic carbocycles. The van der Waals surface area contributed by atoms with E-state index in [4.69, 9.17) is 14.7 Å². The predicted octanol–water partition coefficient (Wildman–Crippen LogP) is 2.52. The summed E-state index contributed by atoms with van der Waals surface area (Å²) in [7, 11) is 1.58. The van der Waals surface area contributed by atoms with Crippen LogP contribution in [-0.2, 0) is 0 Å². The first-order chi connectivity index (χ1) is 7.31. The largest absolute Gasteiger partial charge is 0.497 e. The number of ether oxygens (including phenoxy) is 2. The SMILES string of the molecule is C=CCCOc1cc(OC)ccc1C#N. The highest BCUT2D eigenvalue weighted by Gasteiger charge is 2.04. The van der Waals surface area contributed by atoms with Crippen molar-refractivity contribution in [1.82, 2.24) is 0 Å². The molecule has 0 unspecified atom stereocenters. The number of rotatable bonds is 5. The second-order valence-electron chi connectivity index (χ2n) is 2.90. The Morgan fingerprint density at radius 1 is 1.53 bits per heavy atom. The topological polar surface area (TPSA) is 42.2 Å². The number of methoxy groups -OCH3 is 1. The minimum Gasteiger partial charge on any atom is -0.497 e. The molecular formula is C12H13NO2.